The Balaban J connectivity index is 2.02. The van der Waals surface area contributed by atoms with E-state index in [9.17, 15) is 4.79 Å². The molecule has 0 atom stereocenters. The van der Waals surface area contributed by atoms with Gasteiger partial charge in [-0.2, -0.15) is 0 Å². The minimum Gasteiger partial charge on any atom is -0.491 e. The minimum atomic E-state index is 0.0494. The third-order valence-electron chi connectivity index (χ3n) is 2.56. The number of carbonyl (C=O) groups is 1. The molecule has 0 amide bonds. The van der Waals surface area contributed by atoms with E-state index in [1.165, 1.54) is 0 Å². The zero-order valence-electron chi connectivity index (χ0n) is 12.1. The smallest absolute Gasteiger partial charge is 0.159 e. The van der Waals surface area contributed by atoms with E-state index in [0.717, 1.165) is 5.75 Å². The summed E-state index contributed by atoms with van der Waals surface area (Å²) in [6.45, 7) is 4.78. The standard InChI is InChI=1S/C15H22O5/c1-13(16)14-3-5-15(6-4-14)20-12-11-19-10-9-18-8-7-17-2/h3-6H,7-12H2,1-2H3. The summed E-state index contributed by atoms with van der Waals surface area (Å²) in [5, 5.41) is 0. The van der Waals surface area contributed by atoms with E-state index in [2.05, 4.69) is 0 Å². The molecule has 0 aliphatic rings. The zero-order chi connectivity index (χ0) is 14.6. The Morgan fingerprint density at radius 2 is 1.45 bits per heavy atom. The molecule has 20 heavy (non-hydrogen) atoms. The highest BCUT2D eigenvalue weighted by atomic mass is 16.6. The lowest BCUT2D eigenvalue weighted by molar-refractivity contribution is 0.0180. The zero-order valence-corrected chi connectivity index (χ0v) is 12.1. The molecule has 0 N–H and O–H groups in total. The number of ether oxygens (including phenoxy) is 4. The van der Waals surface area contributed by atoms with E-state index in [-0.39, 0.29) is 5.78 Å². The van der Waals surface area contributed by atoms with Crippen LogP contribution >= 0.6 is 0 Å². The Bertz CT molecular complexity index is 374. The Labute approximate surface area is 119 Å². The summed E-state index contributed by atoms with van der Waals surface area (Å²) in [6, 6.07) is 7.07. The van der Waals surface area contributed by atoms with Crippen LogP contribution in [0.4, 0.5) is 0 Å². The molecule has 0 saturated carbocycles. The van der Waals surface area contributed by atoms with Crippen molar-refractivity contribution in [3.8, 4) is 5.75 Å². The van der Waals surface area contributed by atoms with Gasteiger partial charge in [0, 0.05) is 12.7 Å². The summed E-state index contributed by atoms with van der Waals surface area (Å²) in [5.41, 5.74) is 0.682. The molecule has 1 aromatic carbocycles. The van der Waals surface area contributed by atoms with Gasteiger partial charge >= 0.3 is 0 Å². The number of hydrogen-bond donors (Lipinski definition) is 0. The predicted molar refractivity (Wildman–Crippen MR) is 75.5 cm³/mol. The first-order valence-corrected chi connectivity index (χ1v) is 6.62. The largest absolute Gasteiger partial charge is 0.491 e. The fraction of sp³-hybridized carbons (Fsp3) is 0.533. The van der Waals surface area contributed by atoms with Gasteiger partial charge in [-0.15, -0.1) is 0 Å². The van der Waals surface area contributed by atoms with Gasteiger partial charge in [0.15, 0.2) is 5.78 Å². The molecule has 0 spiro atoms. The van der Waals surface area contributed by atoms with Gasteiger partial charge in [0.2, 0.25) is 0 Å². The van der Waals surface area contributed by atoms with Crippen LogP contribution in [0.25, 0.3) is 0 Å². The first-order chi connectivity index (χ1) is 9.74. The van der Waals surface area contributed by atoms with Crippen molar-refractivity contribution < 1.29 is 23.7 Å². The van der Waals surface area contributed by atoms with E-state index in [1.54, 1.807) is 38.3 Å². The summed E-state index contributed by atoms with van der Waals surface area (Å²) in [4.78, 5) is 11.1. The lowest BCUT2D eigenvalue weighted by Crippen LogP contribution is -2.12. The van der Waals surface area contributed by atoms with E-state index in [0.29, 0.717) is 45.2 Å². The Kier molecular flexibility index (Phi) is 8.62. The van der Waals surface area contributed by atoms with Gasteiger partial charge < -0.3 is 18.9 Å². The molecule has 0 radical (unpaired) electrons. The van der Waals surface area contributed by atoms with Crippen molar-refractivity contribution in [2.24, 2.45) is 0 Å². The van der Waals surface area contributed by atoms with Crippen molar-refractivity contribution in [1.82, 2.24) is 0 Å². The highest BCUT2D eigenvalue weighted by Gasteiger charge is 1.99. The summed E-state index contributed by atoms with van der Waals surface area (Å²) in [5.74, 6) is 0.781. The molecular formula is C15H22O5. The third kappa shape index (κ3) is 7.23. The maximum atomic E-state index is 11.1. The molecule has 0 unspecified atom stereocenters. The van der Waals surface area contributed by atoms with E-state index in [4.69, 9.17) is 18.9 Å². The van der Waals surface area contributed by atoms with Crippen LogP contribution in [0.5, 0.6) is 5.75 Å². The number of rotatable bonds is 11. The lowest BCUT2D eigenvalue weighted by atomic mass is 10.1. The van der Waals surface area contributed by atoms with Gasteiger partial charge in [0.1, 0.15) is 12.4 Å². The molecule has 0 heterocycles. The van der Waals surface area contributed by atoms with E-state index in [1.807, 2.05) is 0 Å². The molecule has 112 valence electrons. The number of carbonyl (C=O) groups excluding carboxylic acids is 1. The molecule has 0 bridgehead atoms. The van der Waals surface area contributed by atoms with Crippen molar-refractivity contribution in [3.63, 3.8) is 0 Å². The Morgan fingerprint density at radius 3 is 2.00 bits per heavy atom. The quantitative estimate of drug-likeness (QED) is 0.458. The summed E-state index contributed by atoms with van der Waals surface area (Å²) in [7, 11) is 1.64. The second-order valence-electron chi connectivity index (χ2n) is 4.15. The number of ketones is 1. The first kappa shape index (κ1) is 16.6. The normalized spacial score (nSPS) is 10.5. The molecule has 0 aliphatic carbocycles. The maximum Gasteiger partial charge on any atom is 0.159 e. The summed E-state index contributed by atoms with van der Waals surface area (Å²) < 4.78 is 20.9. The van der Waals surface area contributed by atoms with Gasteiger partial charge in [-0.3, -0.25) is 4.79 Å². The van der Waals surface area contributed by atoms with Crippen molar-refractivity contribution in [3.05, 3.63) is 29.8 Å². The van der Waals surface area contributed by atoms with Crippen molar-refractivity contribution in [2.45, 2.75) is 6.92 Å². The van der Waals surface area contributed by atoms with Crippen molar-refractivity contribution in [1.29, 1.82) is 0 Å². The molecule has 1 rings (SSSR count). The first-order valence-electron chi connectivity index (χ1n) is 6.62. The monoisotopic (exact) mass is 282 g/mol. The number of methoxy groups -OCH3 is 1. The van der Waals surface area contributed by atoms with Gasteiger partial charge in [0.25, 0.3) is 0 Å². The van der Waals surface area contributed by atoms with Gasteiger partial charge in [-0.05, 0) is 31.2 Å². The highest BCUT2D eigenvalue weighted by molar-refractivity contribution is 5.94. The number of benzene rings is 1. The maximum absolute atomic E-state index is 11.1. The summed E-state index contributed by atoms with van der Waals surface area (Å²) >= 11 is 0. The number of Topliss-reactive ketones (excluding diaryl/α,β-unsaturated/α-hetero) is 1. The van der Waals surface area contributed by atoms with Crippen LogP contribution < -0.4 is 4.74 Å². The van der Waals surface area contributed by atoms with Crippen LogP contribution in [-0.4, -0.2) is 52.5 Å². The van der Waals surface area contributed by atoms with E-state index >= 15 is 0 Å². The molecule has 0 saturated heterocycles. The topological polar surface area (TPSA) is 54.0 Å². The Hall–Kier alpha value is -1.43. The van der Waals surface area contributed by atoms with Gasteiger partial charge in [-0.1, -0.05) is 0 Å². The second kappa shape index (κ2) is 10.4. The minimum absolute atomic E-state index is 0.0494. The van der Waals surface area contributed by atoms with Gasteiger partial charge in [-0.25, -0.2) is 0 Å². The van der Waals surface area contributed by atoms with Crippen LogP contribution in [0.2, 0.25) is 0 Å². The molecule has 0 aliphatic heterocycles. The number of hydrogen-bond acceptors (Lipinski definition) is 5. The molecule has 0 fully saturated rings. The highest BCUT2D eigenvalue weighted by Crippen LogP contribution is 2.12. The Morgan fingerprint density at radius 1 is 0.900 bits per heavy atom. The lowest BCUT2D eigenvalue weighted by Gasteiger charge is -2.08. The average Bonchev–Trinajstić information content (AvgIpc) is 2.46. The van der Waals surface area contributed by atoms with Crippen molar-refractivity contribution >= 4 is 5.78 Å². The fourth-order valence-electron chi connectivity index (χ4n) is 1.47. The van der Waals surface area contributed by atoms with E-state index < -0.39 is 0 Å². The summed E-state index contributed by atoms with van der Waals surface area (Å²) in [6.07, 6.45) is 0. The SMILES string of the molecule is COCCOCCOCCOc1ccc(C(C)=O)cc1. The second-order valence-corrected chi connectivity index (χ2v) is 4.15. The van der Waals surface area contributed by atoms with Crippen LogP contribution in [-0.2, 0) is 14.2 Å². The van der Waals surface area contributed by atoms with Crippen LogP contribution in [0.1, 0.15) is 17.3 Å². The third-order valence-corrected chi connectivity index (χ3v) is 2.56. The van der Waals surface area contributed by atoms with Crippen molar-refractivity contribution in [2.75, 3.05) is 46.8 Å². The molecule has 0 aromatic heterocycles. The fourth-order valence-corrected chi connectivity index (χ4v) is 1.47. The van der Waals surface area contributed by atoms with Crippen LogP contribution in [0, 0.1) is 0 Å². The molecule has 5 heteroatoms. The molecular weight excluding hydrogens is 260 g/mol. The van der Waals surface area contributed by atoms with Crippen LogP contribution in [0.15, 0.2) is 24.3 Å². The molecule has 1 aromatic rings. The predicted octanol–water partition coefficient (Wildman–Crippen LogP) is 1.95. The van der Waals surface area contributed by atoms with Gasteiger partial charge in [0.05, 0.1) is 33.0 Å². The molecule has 5 nitrogen and oxygen atoms in total. The van der Waals surface area contributed by atoms with Crippen LogP contribution in [0.3, 0.4) is 0 Å². The average molecular weight is 282 g/mol.